The van der Waals surface area contributed by atoms with Crippen molar-refractivity contribution in [2.45, 2.75) is 19.8 Å². The van der Waals surface area contributed by atoms with E-state index in [1.54, 1.807) is 5.01 Å². The van der Waals surface area contributed by atoms with Crippen LogP contribution in [-0.2, 0) is 0 Å². The van der Waals surface area contributed by atoms with Crippen molar-refractivity contribution >= 4 is 11.9 Å². The van der Waals surface area contributed by atoms with Gasteiger partial charge in [0, 0.05) is 12.6 Å². The van der Waals surface area contributed by atoms with Crippen LogP contribution in [0.4, 0.5) is 0 Å². The highest BCUT2D eigenvalue weighted by atomic mass is 15.5. The summed E-state index contributed by atoms with van der Waals surface area (Å²) in [5.74, 6) is 0.793. The molecule has 0 fully saturated rings. The normalized spacial score (nSPS) is 17.9. The minimum absolute atomic E-state index is 0.460. The maximum Gasteiger partial charge on any atom is 0.151 e. The van der Waals surface area contributed by atoms with E-state index in [0.717, 1.165) is 29.9 Å². The Bertz CT molecular complexity index is 492. The van der Waals surface area contributed by atoms with Gasteiger partial charge >= 0.3 is 0 Å². The molecule has 0 aromatic carbocycles. The SMILES string of the molecule is C=C(N)C1=NC2=CCC=NN2C(C(=C)CC)=C1. The number of hydrogen-bond acceptors (Lipinski definition) is 4. The van der Waals surface area contributed by atoms with Crippen molar-refractivity contribution in [1.82, 2.24) is 5.01 Å². The average molecular weight is 228 g/mol. The minimum atomic E-state index is 0.460. The summed E-state index contributed by atoms with van der Waals surface area (Å²) in [6, 6.07) is 0. The number of aliphatic imine (C=N–C) groups is 1. The summed E-state index contributed by atoms with van der Waals surface area (Å²) in [5, 5.41) is 6.12. The van der Waals surface area contributed by atoms with Gasteiger partial charge in [-0.25, -0.2) is 10.0 Å². The lowest BCUT2D eigenvalue weighted by Crippen LogP contribution is -2.26. The van der Waals surface area contributed by atoms with Crippen LogP contribution >= 0.6 is 0 Å². The van der Waals surface area contributed by atoms with Crippen LogP contribution in [0.3, 0.4) is 0 Å². The van der Waals surface area contributed by atoms with Gasteiger partial charge in [-0.05, 0) is 24.1 Å². The lowest BCUT2D eigenvalue weighted by Gasteiger charge is -2.29. The smallest absolute Gasteiger partial charge is 0.151 e. The van der Waals surface area contributed by atoms with Gasteiger partial charge in [0.15, 0.2) is 5.82 Å². The molecular weight excluding hydrogens is 212 g/mol. The molecule has 88 valence electrons. The first kappa shape index (κ1) is 11.4. The second-order valence-corrected chi connectivity index (χ2v) is 3.92. The van der Waals surface area contributed by atoms with Crippen molar-refractivity contribution < 1.29 is 0 Å². The summed E-state index contributed by atoms with van der Waals surface area (Å²) >= 11 is 0. The Kier molecular flexibility index (Phi) is 2.95. The van der Waals surface area contributed by atoms with Crippen molar-refractivity contribution in [3.63, 3.8) is 0 Å². The van der Waals surface area contributed by atoms with Gasteiger partial charge in [0.2, 0.25) is 0 Å². The Hall–Kier alpha value is -2.10. The summed E-state index contributed by atoms with van der Waals surface area (Å²) in [6.45, 7) is 9.83. The second-order valence-electron chi connectivity index (χ2n) is 3.92. The molecule has 2 aliphatic rings. The molecule has 0 saturated heterocycles. The highest BCUT2D eigenvalue weighted by molar-refractivity contribution is 6.09. The van der Waals surface area contributed by atoms with Crippen molar-refractivity contribution in [3.8, 4) is 0 Å². The van der Waals surface area contributed by atoms with E-state index < -0.39 is 0 Å². The number of nitrogens with two attached hydrogens (primary N) is 1. The molecule has 0 spiro atoms. The molecular formula is C13H16N4. The fourth-order valence-electron chi connectivity index (χ4n) is 1.65. The maximum atomic E-state index is 5.71. The van der Waals surface area contributed by atoms with Gasteiger partial charge < -0.3 is 5.73 Å². The van der Waals surface area contributed by atoms with Crippen LogP contribution in [0.2, 0.25) is 0 Å². The first-order valence-corrected chi connectivity index (χ1v) is 5.59. The van der Waals surface area contributed by atoms with Crippen LogP contribution in [0.15, 0.2) is 58.2 Å². The number of hydrogen-bond donors (Lipinski definition) is 1. The molecule has 2 N–H and O–H groups in total. The van der Waals surface area contributed by atoms with Crippen LogP contribution in [0, 0.1) is 0 Å². The van der Waals surface area contributed by atoms with Gasteiger partial charge in [0.25, 0.3) is 0 Å². The molecule has 0 amide bonds. The Morgan fingerprint density at radius 3 is 2.94 bits per heavy atom. The third-order valence-electron chi connectivity index (χ3n) is 2.67. The molecule has 4 heteroatoms. The first-order valence-electron chi connectivity index (χ1n) is 5.59. The molecule has 2 aliphatic heterocycles. The van der Waals surface area contributed by atoms with E-state index in [-0.39, 0.29) is 0 Å². The topological polar surface area (TPSA) is 54.0 Å². The van der Waals surface area contributed by atoms with E-state index in [1.807, 2.05) is 18.4 Å². The summed E-state index contributed by atoms with van der Waals surface area (Å²) in [6.07, 6.45) is 7.37. The van der Waals surface area contributed by atoms with Gasteiger partial charge in [-0.3, -0.25) is 0 Å². The monoisotopic (exact) mass is 228 g/mol. The van der Waals surface area contributed by atoms with E-state index in [0.29, 0.717) is 11.4 Å². The molecule has 0 saturated carbocycles. The highest BCUT2D eigenvalue weighted by Crippen LogP contribution is 2.28. The average Bonchev–Trinajstić information content (AvgIpc) is 2.36. The van der Waals surface area contributed by atoms with Crippen molar-refractivity contribution in [2.24, 2.45) is 15.8 Å². The largest absolute Gasteiger partial charge is 0.397 e. The van der Waals surface area contributed by atoms with E-state index in [4.69, 9.17) is 5.73 Å². The number of allylic oxidation sites excluding steroid dienone is 3. The third kappa shape index (κ3) is 2.06. The van der Waals surface area contributed by atoms with E-state index >= 15 is 0 Å². The van der Waals surface area contributed by atoms with Crippen molar-refractivity contribution in [3.05, 3.63) is 48.1 Å². The summed E-state index contributed by atoms with van der Waals surface area (Å²) in [4.78, 5) is 4.42. The fraction of sp³-hybridized carbons (Fsp3) is 0.231. The van der Waals surface area contributed by atoms with Crippen LogP contribution in [0.5, 0.6) is 0 Å². The maximum absolute atomic E-state index is 5.71. The lowest BCUT2D eigenvalue weighted by atomic mass is 10.1. The highest BCUT2D eigenvalue weighted by Gasteiger charge is 2.22. The van der Waals surface area contributed by atoms with Crippen LogP contribution in [0.1, 0.15) is 19.8 Å². The fourth-order valence-corrected chi connectivity index (χ4v) is 1.65. The quantitative estimate of drug-likeness (QED) is 0.805. The molecule has 0 unspecified atom stereocenters. The molecule has 2 rings (SSSR count). The van der Waals surface area contributed by atoms with E-state index in [1.165, 1.54) is 0 Å². The second kappa shape index (κ2) is 4.41. The van der Waals surface area contributed by atoms with E-state index in [2.05, 4.69) is 30.2 Å². The molecule has 0 radical (unpaired) electrons. The molecule has 0 aromatic heterocycles. The molecule has 0 bridgehead atoms. The Balaban J connectivity index is 2.46. The number of nitrogens with zero attached hydrogens (tertiary/aromatic N) is 3. The Morgan fingerprint density at radius 2 is 2.29 bits per heavy atom. The number of rotatable bonds is 3. The predicted molar refractivity (Wildman–Crippen MR) is 71.3 cm³/mol. The summed E-state index contributed by atoms with van der Waals surface area (Å²) in [7, 11) is 0. The minimum Gasteiger partial charge on any atom is -0.397 e. The Labute approximate surface area is 101 Å². The number of hydrazone groups is 1. The molecule has 2 heterocycles. The lowest BCUT2D eigenvalue weighted by molar-refractivity contribution is 0.445. The van der Waals surface area contributed by atoms with Crippen molar-refractivity contribution in [2.75, 3.05) is 0 Å². The van der Waals surface area contributed by atoms with Crippen molar-refractivity contribution in [1.29, 1.82) is 0 Å². The summed E-state index contributed by atoms with van der Waals surface area (Å²) < 4.78 is 0. The zero-order chi connectivity index (χ0) is 12.4. The zero-order valence-electron chi connectivity index (χ0n) is 9.98. The molecule has 0 aliphatic carbocycles. The van der Waals surface area contributed by atoms with Crippen LogP contribution in [0.25, 0.3) is 0 Å². The standard InChI is InChI=1S/C13H16N4/c1-4-9(2)12-8-11(10(3)14)16-13-6-5-7-15-17(12)13/h6-8H,2-5,14H2,1H3. The van der Waals surface area contributed by atoms with Gasteiger partial charge in [-0.2, -0.15) is 5.10 Å². The van der Waals surface area contributed by atoms with E-state index in [9.17, 15) is 0 Å². The molecule has 4 nitrogen and oxygen atoms in total. The molecule has 17 heavy (non-hydrogen) atoms. The van der Waals surface area contributed by atoms with Gasteiger partial charge in [0.1, 0.15) is 0 Å². The Morgan fingerprint density at radius 1 is 1.53 bits per heavy atom. The predicted octanol–water partition coefficient (Wildman–Crippen LogP) is 2.30. The van der Waals surface area contributed by atoms with Gasteiger partial charge in [-0.1, -0.05) is 20.1 Å². The summed E-state index contributed by atoms with van der Waals surface area (Å²) in [5.41, 5.74) is 8.80. The number of fused-ring (bicyclic) bond motifs is 1. The first-order chi connectivity index (χ1) is 8.13. The zero-order valence-corrected chi connectivity index (χ0v) is 9.98. The van der Waals surface area contributed by atoms with Gasteiger partial charge in [-0.15, -0.1) is 0 Å². The van der Waals surface area contributed by atoms with Crippen LogP contribution < -0.4 is 5.73 Å². The van der Waals surface area contributed by atoms with Gasteiger partial charge in [0.05, 0.1) is 17.1 Å². The van der Waals surface area contributed by atoms with Crippen LogP contribution in [-0.4, -0.2) is 16.9 Å². The molecule has 0 aromatic rings. The molecule has 0 atom stereocenters. The third-order valence-corrected chi connectivity index (χ3v) is 2.67.